The first-order valence-corrected chi connectivity index (χ1v) is 15.0. The van der Waals surface area contributed by atoms with E-state index >= 15 is 0 Å². The number of hydrogen-bond donors (Lipinski definition) is 1. The third-order valence-corrected chi connectivity index (χ3v) is 7.51. The van der Waals surface area contributed by atoms with E-state index < -0.39 is 28.5 Å². The third kappa shape index (κ3) is 8.77. The lowest BCUT2D eigenvalue weighted by Gasteiger charge is -2.33. The number of carbonyl (C=O) groups excluding carboxylic acids is 3. The number of benzene rings is 3. The summed E-state index contributed by atoms with van der Waals surface area (Å²) in [5, 5.41) is 2.96. The lowest BCUT2D eigenvalue weighted by molar-refractivity contribution is -0.140. The van der Waals surface area contributed by atoms with Gasteiger partial charge in [0.15, 0.2) is 5.78 Å². The van der Waals surface area contributed by atoms with Crippen molar-refractivity contribution in [3.8, 4) is 0 Å². The van der Waals surface area contributed by atoms with E-state index in [1.165, 1.54) is 17.9 Å². The van der Waals surface area contributed by atoms with Gasteiger partial charge in [0.25, 0.3) is 0 Å². The summed E-state index contributed by atoms with van der Waals surface area (Å²) in [5.74, 6) is -0.875. The highest BCUT2D eigenvalue weighted by atomic mass is 32.2. The molecule has 8 nitrogen and oxygen atoms in total. The highest BCUT2D eigenvalue weighted by molar-refractivity contribution is 7.92. The van der Waals surface area contributed by atoms with Crippen LogP contribution in [0.15, 0.2) is 84.9 Å². The summed E-state index contributed by atoms with van der Waals surface area (Å²) in [4.78, 5) is 41.0. The number of ketones is 1. The predicted molar refractivity (Wildman–Crippen MR) is 157 cm³/mol. The molecule has 2 amide bonds. The van der Waals surface area contributed by atoms with Crippen molar-refractivity contribution in [3.05, 3.63) is 102 Å². The van der Waals surface area contributed by atoms with E-state index in [-0.39, 0.29) is 36.3 Å². The Kier molecular flexibility index (Phi) is 10.6. The number of sulfonamides is 1. The molecule has 0 saturated carbocycles. The molecule has 1 atom stereocenters. The van der Waals surface area contributed by atoms with Crippen molar-refractivity contribution >= 4 is 33.3 Å². The second kappa shape index (κ2) is 13.9. The molecule has 1 N–H and O–H groups in total. The van der Waals surface area contributed by atoms with E-state index in [0.717, 1.165) is 21.7 Å². The molecule has 0 fully saturated rings. The minimum atomic E-state index is -3.91. The first-order valence-electron chi connectivity index (χ1n) is 13.2. The summed E-state index contributed by atoms with van der Waals surface area (Å²) in [6, 6.07) is 23.9. The van der Waals surface area contributed by atoms with Gasteiger partial charge in [-0.3, -0.25) is 18.7 Å². The van der Waals surface area contributed by atoms with E-state index in [1.54, 1.807) is 18.2 Å². The smallest absolute Gasteiger partial charge is 0.244 e. The normalized spacial score (nSPS) is 12.0. The molecule has 0 bridgehead atoms. The van der Waals surface area contributed by atoms with E-state index in [9.17, 15) is 22.8 Å². The minimum Gasteiger partial charge on any atom is -0.354 e. The molecule has 0 saturated heterocycles. The van der Waals surface area contributed by atoms with Crippen molar-refractivity contribution in [2.24, 2.45) is 5.92 Å². The molecule has 212 valence electrons. The van der Waals surface area contributed by atoms with Crippen LogP contribution in [0.5, 0.6) is 0 Å². The van der Waals surface area contributed by atoms with Gasteiger partial charge in [-0.15, -0.1) is 0 Å². The van der Waals surface area contributed by atoms with Gasteiger partial charge in [0, 0.05) is 25.1 Å². The molecule has 0 radical (unpaired) electrons. The fourth-order valence-corrected chi connectivity index (χ4v) is 5.09. The average Bonchev–Trinajstić information content (AvgIpc) is 2.92. The number of carbonyl (C=O) groups is 3. The minimum absolute atomic E-state index is 0.108. The van der Waals surface area contributed by atoms with Crippen molar-refractivity contribution in [1.29, 1.82) is 0 Å². The molecule has 0 heterocycles. The average molecular weight is 564 g/mol. The summed E-state index contributed by atoms with van der Waals surface area (Å²) in [6.07, 6.45) is 1.26. The zero-order chi connectivity index (χ0) is 29.3. The van der Waals surface area contributed by atoms with Gasteiger partial charge in [-0.2, -0.15) is 0 Å². The zero-order valence-electron chi connectivity index (χ0n) is 23.4. The van der Waals surface area contributed by atoms with Crippen molar-refractivity contribution < 1.29 is 22.8 Å². The standard InChI is InChI=1S/C31H37N3O5S/c1-23(2)20-32-31(37)29(18-25-12-7-5-8-13-25)33(21-26-14-9-6-10-15-26)30(36)22-34(40(4,38)39)28-17-11-16-27(19-28)24(3)35/h5-17,19,23,29H,18,20-22H2,1-4H3,(H,32,37)/t29-/m1/s1. The lowest BCUT2D eigenvalue weighted by atomic mass is 10.0. The Morgan fingerprint density at radius 2 is 1.45 bits per heavy atom. The van der Waals surface area contributed by atoms with Gasteiger partial charge in [-0.1, -0.05) is 86.6 Å². The molecule has 0 aliphatic rings. The summed E-state index contributed by atoms with van der Waals surface area (Å²) < 4.78 is 26.8. The molecular formula is C31H37N3O5S. The molecule has 3 rings (SSSR count). The Hall–Kier alpha value is -3.98. The lowest BCUT2D eigenvalue weighted by Crippen LogP contribution is -2.53. The van der Waals surface area contributed by atoms with Crippen LogP contribution >= 0.6 is 0 Å². The maximum absolute atomic E-state index is 14.0. The highest BCUT2D eigenvalue weighted by Gasteiger charge is 2.33. The Labute approximate surface area is 237 Å². The fourth-order valence-electron chi connectivity index (χ4n) is 4.25. The molecule has 3 aromatic carbocycles. The molecule has 0 spiro atoms. The van der Waals surface area contributed by atoms with Crippen LogP contribution in [-0.4, -0.2) is 56.3 Å². The summed E-state index contributed by atoms with van der Waals surface area (Å²) in [7, 11) is -3.91. The number of amides is 2. The molecule has 0 aliphatic carbocycles. The Bertz CT molecular complexity index is 1410. The molecule has 0 unspecified atom stereocenters. The summed E-state index contributed by atoms with van der Waals surface area (Å²) in [6.45, 7) is 5.37. The Morgan fingerprint density at radius 1 is 0.850 bits per heavy atom. The maximum Gasteiger partial charge on any atom is 0.244 e. The van der Waals surface area contributed by atoms with Gasteiger partial charge >= 0.3 is 0 Å². The van der Waals surface area contributed by atoms with Crippen LogP contribution in [0.25, 0.3) is 0 Å². The number of nitrogens with zero attached hydrogens (tertiary/aromatic N) is 2. The van der Waals surface area contributed by atoms with E-state index in [4.69, 9.17) is 0 Å². The molecule has 40 heavy (non-hydrogen) atoms. The number of Topliss-reactive ketones (excluding diaryl/α,β-unsaturated/α-hetero) is 1. The number of anilines is 1. The third-order valence-electron chi connectivity index (χ3n) is 6.37. The first-order chi connectivity index (χ1) is 19.0. The number of hydrogen-bond acceptors (Lipinski definition) is 5. The SMILES string of the molecule is CC(=O)c1cccc(N(CC(=O)N(Cc2ccccc2)[C@H](Cc2ccccc2)C(=O)NCC(C)C)S(C)(=O)=O)c1. The zero-order valence-corrected chi connectivity index (χ0v) is 24.2. The van der Waals surface area contributed by atoms with E-state index in [0.29, 0.717) is 12.1 Å². The second-order valence-electron chi connectivity index (χ2n) is 10.2. The first kappa shape index (κ1) is 30.6. The van der Waals surface area contributed by atoms with Crippen molar-refractivity contribution in [3.63, 3.8) is 0 Å². The summed E-state index contributed by atoms with van der Waals surface area (Å²) in [5.41, 5.74) is 2.20. The van der Waals surface area contributed by atoms with Crippen LogP contribution < -0.4 is 9.62 Å². The molecule has 9 heteroatoms. The van der Waals surface area contributed by atoms with Gasteiger partial charge in [0.1, 0.15) is 12.6 Å². The van der Waals surface area contributed by atoms with Crippen LogP contribution in [0.3, 0.4) is 0 Å². The van der Waals surface area contributed by atoms with Crippen molar-refractivity contribution in [1.82, 2.24) is 10.2 Å². The quantitative estimate of drug-likeness (QED) is 0.316. The van der Waals surface area contributed by atoms with Crippen LogP contribution in [0.4, 0.5) is 5.69 Å². The van der Waals surface area contributed by atoms with Gasteiger partial charge in [0.2, 0.25) is 21.8 Å². The Morgan fingerprint density at radius 3 is 2.00 bits per heavy atom. The van der Waals surface area contributed by atoms with Crippen LogP contribution in [0, 0.1) is 5.92 Å². The van der Waals surface area contributed by atoms with Crippen molar-refractivity contribution in [2.75, 3.05) is 23.7 Å². The second-order valence-corrected chi connectivity index (χ2v) is 12.1. The van der Waals surface area contributed by atoms with Crippen LogP contribution in [-0.2, 0) is 32.6 Å². The predicted octanol–water partition coefficient (Wildman–Crippen LogP) is 4.07. The Balaban J connectivity index is 2.04. The summed E-state index contributed by atoms with van der Waals surface area (Å²) >= 11 is 0. The van der Waals surface area contributed by atoms with Gasteiger partial charge < -0.3 is 10.2 Å². The molecule has 0 aromatic heterocycles. The molecule has 0 aliphatic heterocycles. The number of nitrogens with one attached hydrogen (secondary N) is 1. The van der Waals surface area contributed by atoms with E-state index in [2.05, 4.69) is 5.32 Å². The maximum atomic E-state index is 14.0. The van der Waals surface area contributed by atoms with Gasteiger partial charge in [-0.05, 0) is 36.1 Å². The van der Waals surface area contributed by atoms with Crippen LogP contribution in [0.2, 0.25) is 0 Å². The van der Waals surface area contributed by atoms with E-state index in [1.807, 2.05) is 74.5 Å². The topological polar surface area (TPSA) is 104 Å². The van der Waals surface area contributed by atoms with Gasteiger partial charge in [-0.25, -0.2) is 8.42 Å². The molecule has 3 aromatic rings. The largest absolute Gasteiger partial charge is 0.354 e. The van der Waals surface area contributed by atoms with Gasteiger partial charge in [0.05, 0.1) is 11.9 Å². The molecular weight excluding hydrogens is 526 g/mol. The highest BCUT2D eigenvalue weighted by Crippen LogP contribution is 2.22. The number of rotatable bonds is 13. The monoisotopic (exact) mass is 563 g/mol. The fraction of sp³-hybridized carbons (Fsp3) is 0.323. The van der Waals surface area contributed by atoms with Crippen LogP contribution in [0.1, 0.15) is 42.3 Å². The van der Waals surface area contributed by atoms with Crippen molar-refractivity contribution in [2.45, 2.75) is 39.8 Å².